The van der Waals surface area contributed by atoms with Crippen LogP contribution in [0.2, 0.25) is 0 Å². The molecule has 0 aliphatic carbocycles. The second kappa shape index (κ2) is 7.73. The number of nitrogens with zero attached hydrogens (tertiary/aromatic N) is 1. The molecule has 1 N–H and O–H groups in total. The summed E-state index contributed by atoms with van der Waals surface area (Å²) in [5.41, 5.74) is 0.704. The number of hydrogen-bond donors (Lipinski definition) is 1. The number of hydrogen-bond acceptors (Lipinski definition) is 5. The average Bonchev–Trinajstić information content (AvgIpc) is 2.53. The minimum Gasteiger partial charge on any atom is -0.468 e. The first kappa shape index (κ1) is 19.7. The van der Waals surface area contributed by atoms with Gasteiger partial charge in [-0.25, -0.2) is 13.4 Å². The van der Waals surface area contributed by atoms with Gasteiger partial charge in [0, 0.05) is 29.8 Å². The van der Waals surface area contributed by atoms with Crippen LogP contribution in [0.5, 0.6) is 5.88 Å². The lowest BCUT2D eigenvalue weighted by Gasteiger charge is -2.12. The van der Waals surface area contributed by atoms with Crippen molar-refractivity contribution in [3.05, 3.63) is 53.7 Å². The lowest BCUT2D eigenvalue weighted by molar-refractivity contribution is -0.154. The Hall–Kier alpha value is -2.62. The fourth-order valence-corrected chi connectivity index (χ4v) is 2.85. The van der Waals surface area contributed by atoms with Crippen LogP contribution in [0.3, 0.4) is 0 Å². The van der Waals surface area contributed by atoms with Crippen LogP contribution >= 0.6 is 0 Å². The summed E-state index contributed by atoms with van der Waals surface area (Å²) in [7, 11) is -3.32. The number of carbonyl (C=O) groups is 1. The number of anilines is 1. The van der Waals surface area contributed by atoms with Gasteiger partial charge in [-0.2, -0.15) is 13.2 Å². The Morgan fingerprint density at radius 3 is 2.58 bits per heavy atom. The van der Waals surface area contributed by atoms with E-state index < -0.39 is 28.5 Å². The molecule has 2 aromatic rings. The van der Waals surface area contributed by atoms with Gasteiger partial charge in [-0.05, 0) is 17.7 Å². The Labute approximate surface area is 147 Å². The predicted molar refractivity (Wildman–Crippen MR) is 88.7 cm³/mol. The van der Waals surface area contributed by atoms with Gasteiger partial charge in [0.25, 0.3) is 5.91 Å². The van der Waals surface area contributed by atoms with Crippen LogP contribution in [0.1, 0.15) is 15.9 Å². The maximum absolute atomic E-state index is 12.3. The maximum atomic E-state index is 12.3. The van der Waals surface area contributed by atoms with Crippen molar-refractivity contribution in [2.24, 2.45) is 0 Å². The van der Waals surface area contributed by atoms with Crippen molar-refractivity contribution in [2.45, 2.75) is 11.9 Å². The summed E-state index contributed by atoms with van der Waals surface area (Å²) in [6.45, 7) is -1.53. The number of alkyl halides is 3. The lowest BCUT2D eigenvalue weighted by Crippen LogP contribution is -2.20. The van der Waals surface area contributed by atoms with Crippen LogP contribution in [0.25, 0.3) is 0 Å². The summed E-state index contributed by atoms with van der Waals surface area (Å²) >= 11 is 0. The van der Waals surface area contributed by atoms with E-state index in [1.54, 1.807) is 18.2 Å². The highest BCUT2D eigenvalue weighted by Crippen LogP contribution is 2.20. The second-order valence-corrected chi connectivity index (χ2v) is 7.61. The van der Waals surface area contributed by atoms with E-state index in [-0.39, 0.29) is 22.9 Å². The van der Waals surface area contributed by atoms with E-state index in [2.05, 4.69) is 15.0 Å². The van der Waals surface area contributed by atoms with Crippen molar-refractivity contribution in [1.82, 2.24) is 4.98 Å². The molecule has 140 valence electrons. The molecule has 1 amide bonds. The number of ether oxygens (including phenoxy) is 1. The molecule has 0 saturated heterocycles. The molecule has 0 spiro atoms. The minimum atomic E-state index is -4.52. The van der Waals surface area contributed by atoms with Crippen LogP contribution < -0.4 is 10.1 Å². The zero-order valence-corrected chi connectivity index (χ0v) is 14.4. The summed E-state index contributed by atoms with van der Waals surface area (Å²) in [4.78, 5) is 15.9. The first-order valence-electron chi connectivity index (χ1n) is 7.26. The molecule has 0 saturated carbocycles. The molecule has 1 heterocycles. The number of pyridine rings is 1. The molecule has 0 unspecified atom stereocenters. The van der Waals surface area contributed by atoms with E-state index in [1.165, 1.54) is 12.1 Å². The zero-order valence-electron chi connectivity index (χ0n) is 13.6. The molecule has 0 aliphatic rings. The average molecular weight is 388 g/mol. The highest BCUT2D eigenvalue weighted by Gasteiger charge is 2.28. The highest BCUT2D eigenvalue weighted by atomic mass is 32.2. The van der Waals surface area contributed by atoms with Crippen LogP contribution in [-0.4, -0.2) is 38.3 Å². The largest absolute Gasteiger partial charge is 0.468 e. The summed E-state index contributed by atoms with van der Waals surface area (Å²) in [6.07, 6.45) is -2.31. The van der Waals surface area contributed by atoms with Gasteiger partial charge in [0.15, 0.2) is 16.4 Å². The molecule has 0 bridgehead atoms. The third-order valence-electron chi connectivity index (χ3n) is 3.06. The number of para-hydroxylation sites is 1. The Bertz CT molecular complexity index is 898. The summed E-state index contributed by atoms with van der Waals surface area (Å²) in [5, 5.41) is 2.54. The minimum absolute atomic E-state index is 0.0198. The van der Waals surface area contributed by atoms with Crippen LogP contribution in [0.4, 0.5) is 18.9 Å². The Morgan fingerprint density at radius 2 is 1.92 bits per heavy atom. The van der Waals surface area contributed by atoms with Gasteiger partial charge in [0.2, 0.25) is 5.88 Å². The zero-order chi connectivity index (χ0) is 19.4. The third-order valence-corrected chi connectivity index (χ3v) is 3.90. The molecule has 26 heavy (non-hydrogen) atoms. The molecule has 6 nitrogen and oxygen atoms in total. The second-order valence-electron chi connectivity index (χ2n) is 5.47. The standard InChI is InChI=1S/C16H15F3N2O4S/c1-26(23,24)9-12-4-2-3-5-13(12)21-15(22)11-6-7-20-14(8-11)25-10-16(17,18)19/h2-8H,9-10H2,1H3,(H,21,22). The van der Waals surface area contributed by atoms with Crippen molar-refractivity contribution in [1.29, 1.82) is 0 Å². The van der Waals surface area contributed by atoms with Crippen molar-refractivity contribution < 1.29 is 31.1 Å². The number of carbonyl (C=O) groups excluding carboxylic acids is 1. The Morgan fingerprint density at radius 1 is 1.23 bits per heavy atom. The molecule has 0 aliphatic heterocycles. The van der Waals surface area contributed by atoms with Crippen LogP contribution in [-0.2, 0) is 15.6 Å². The van der Waals surface area contributed by atoms with E-state index in [1.807, 2.05) is 0 Å². The SMILES string of the molecule is CS(=O)(=O)Cc1ccccc1NC(=O)c1ccnc(OCC(F)(F)F)c1. The number of sulfone groups is 1. The van der Waals surface area contributed by atoms with E-state index >= 15 is 0 Å². The summed E-state index contributed by atoms with van der Waals surface area (Å²) < 4.78 is 64.0. The van der Waals surface area contributed by atoms with Crippen molar-refractivity contribution in [2.75, 3.05) is 18.2 Å². The molecule has 1 aromatic carbocycles. The smallest absolute Gasteiger partial charge is 0.422 e. The van der Waals surface area contributed by atoms with Gasteiger partial charge in [-0.1, -0.05) is 18.2 Å². The number of benzene rings is 1. The van der Waals surface area contributed by atoms with Crippen molar-refractivity contribution >= 4 is 21.4 Å². The predicted octanol–water partition coefficient (Wildman–Crippen LogP) is 2.82. The number of nitrogens with one attached hydrogen (secondary N) is 1. The molecule has 10 heteroatoms. The molecular weight excluding hydrogens is 373 g/mol. The Kier molecular flexibility index (Phi) is 5.86. The summed E-state index contributed by atoms with van der Waals surface area (Å²) in [5.74, 6) is -1.25. The molecule has 0 radical (unpaired) electrons. The highest BCUT2D eigenvalue weighted by molar-refractivity contribution is 7.89. The fourth-order valence-electron chi connectivity index (χ4n) is 2.03. The molecule has 1 aromatic heterocycles. The molecule has 2 rings (SSSR count). The van der Waals surface area contributed by atoms with E-state index in [9.17, 15) is 26.4 Å². The quantitative estimate of drug-likeness (QED) is 0.823. The van der Waals surface area contributed by atoms with Crippen molar-refractivity contribution in [3.63, 3.8) is 0 Å². The van der Waals surface area contributed by atoms with Gasteiger partial charge in [-0.3, -0.25) is 4.79 Å². The first-order valence-corrected chi connectivity index (χ1v) is 9.32. The molecular formula is C16H15F3N2O4S. The number of aromatic nitrogens is 1. The van der Waals surface area contributed by atoms with Gasteiger partial charge < -0.3 is 10.1 Å². The first-order chi connectivity index (χ1) is 12.0. The maximum Gasteiger partial charge on any atom is 0.422 e. The van der Waals surface area contributed by atoms with Crippen molar-refractivity contribution in [3.8, 4) is 5.88 Å². The van der Waals surface area contributed by atoms with Gasteiger partial charge in [0.1, 0.15) is 0 Å². The van der Waals surface area contributed by atoms with Gasteiger partial charge >= 0.3 is 6.18 Å². The Balaban J connectivity index is 2.16. The fraction of sp³-hybridized carbons (Fsp3) is 0.250. The van der Waals surface area contributed by atoms with Gasteiger partial charge in [-0.15, -0.1) is 0 Å². The van der Waals surface area contributed by atoms with Crippen LogP contribution in [0, 0.1) is 0 Å². The van der Waals surface area contributed by atoms with E-state index in [0.717, 1.165) is 18.5 Å². The summed E-state index contributed by atoms with van der Waals surface area (Å²) in [6, 6.07) is 8.70. The number of halogens is 3. The molecule has 0 fully saturated rings. The normalized spacial score (nSPS) is 11.8. The van der Waals surface area contributed by atoms with E-state index in [0.29, 0.717) is 5.56 Å². The van der Waals surface area contributed by atoms with Crippen LogP contribution in [0.15, 0.2) is 42.6 Å². The monoisotopic (exact) mass is 388 g/mol. The molecule has 0 atom stereocenters. The topological polar surface area (TPSA) is 85.4 Å². The third kappa shape index (κ3) is 6.36. The number of amides is 1. The van der Waals surface area contributed by atoms with E-state index in [4.69, 9.17) is 0 Å². The van der Waals surface area contributed by atoms with Gasteiger partial charge in [0.05, 0.1) is 5.75 Å². The lowest BCUT2D eigenvalue weighted by atomic mass is 10.2. The number of rotatable bonds is 6.